The van der Waals surface area contributed by atoms with E-state index in [1.54, 1.807) is 18.2 Å². The van der Waals surface area contributed by atoms with Gasteiger partial charge in [0.05, 0.1) is 23.7 Å². The van der Waals surface area contributed by atoms with Crippen LogP contribution in [0.25, 0.3) is 0 Å². The summed E-state index contributed by atoms with van der Waals surface area (Å²) in [5, 5.41) is 14.7. The fourth-order valence-electron chi connectivity index (χ4n) is 4.31. The summed E-state index contributed by atoms with van der Waals surface area (Å²) < 4.78 is 6.63. The number of hydrogen-bond donors (Lipinski definition) is 3. The van der Waals surface area contributed by atoms with Crippen molar-refractivity contribution in [2.45, 2.75) is 32.2 Å². The van der Waals surface area contributed by atoms with E-state index in [-0.39, 0.29) is 30.0 Å². The molecule has 9 heteroatoms. The summed E-state index contributed by atoms with van der Waals surface area (Å²) in [6.45, 7) is 2.93. The summed E-state index contributed by atoms with van der Waals surface area (Å²) in [6.07, 6.45) is 2.02. The van der Waals surface area contributed by atoms with Gasteiger partial charge in [-0.3, -0.25) is 4.79 Å². The second-order valence-corrected chi connectivity index (χ2v) is 9.76. The number of carbonyl (C=O) groups is 3. The van der Waals surface area contributed by atoms with E-state index in [0.29, 0.717) is 30.3 Å². The molecular formula is C28H28BrN3O5. The number of nitrogens with one attached hydrogen (secondary N) is 2. The summed E-state index contributed by atoms with van der Waals surface area (Å²) in [6, 6.07) is 18.8. The molecule has 192 valence electrons. The molecule has 3 aromatic rings. The number of halogens is 1. The SMILES string of the molecule is Cc1cc(CC(=O)N2CCC[C@H]2COc2ccc(C(=O)O)cc2)ccc1NC(=O)Nc1ccccc1Br. The highest BCUT2D eigenvalue weighted by Gasteiger charge is 2.29. The fourth-order valence-corrected chi connectivity index (χ4v) is 4.70. The van der Waals surface area contributed by atoms with Crippen LogP contribution in [0.2, 0.25) is 0 Å². The van der Waals surface area contributed by atoms with Crippen LogP contribution in [0.15, 0.2) is 71.2 Å². The van der Waals surface area contributed by atoms with E-state index >= 15 is 0 Å². The Morgan fingerprint density at radius 3 is 2.46 bits per heavy atom. The molecule has 0 saturated carbocycles. The van der Waals surface area contributed by atoms with E-state index in [4.69, 9.17) is 9.84 Å². The molecule has 0 radical (unpaired) electrons. The van der Waals surface area contributed by atoms with Crippen molar-refractivity contribution in [1.29, 1.82) is 0 Å². The van der Waals surface area contributed by atoms with Crippen molar-refractivity contribution in [3.05, 3.63) is 87.9 Å². The lowest BCUT2D eigenvalue weighted by atomic mass is 10.1. The van der Waals surface area contributed by atoms with Crippen LogP contribution in [0, 0.1) is 6.92 Å². The Hall–Kier alpha value is -3.85. The number of aryl methyl sites for hydroxylation is 1. The first-order valence-corrected chi connectivity index (χ1v) is 12.8. The standard InChI is InChI=1S/C28H28BrN3O5/c1-18-15-19(8-13-24(18)30-28(36)31-25-7-3-2-6-23(25)29)16-26(33)32-14-4-5-21(32)17-37-22-11-9-20(10-12-22)27(34)35/h2-3,6-13,15,21H,4-5,14,16-17H2,1H3,(H,34,35)(H2,30,31,36)/t21-/m0/s1. The van der Waals surface area contributed by atoms with Crippen LogP contribution >= 0.6 is 15.9 Å². The monoisotopic (exact) mass is 565 g/mol. The van der Waals surface area contributed by atoms with Crippen molar-refractivity contribution >= 4 is 45.2 Å². The molecule has 1 saturated heterocycles. The number of carboxylic acids is 1. The number of para-hydroxylation sites is 1. The van der Waals surface area contributed by atoms with Gasteiger partial charge >= 0.3 is 12.0 Å². The van der Waals surface area contributed by atoms with Gasteiger partial charge in [-0.25, -0.2) is 9.59 Å². The largest absolute Gasteiger partial charge is 0.491 e. The lowest BCUT2D eigenvalue weighted by molar-refractivity contribution is -0.131. The number of ether oxygens (including phenoxy) is 1. The smallest absolute Gasteiger partial charge is 0.335 e. The molecule has 1 aliphatic heterocycles. The van der Waals surface area contributed by atoms with Gasteiger partial charge in [-0.1, -0.05) is 24.3 Å². The molecule has 1 atom stereocenters. The van der Waals surface area contributed by atoms with Crippen LogP contribution < -0.4 is 15.4 Å². The summed E-state index contributed by atoms with van der Waals surface area (Å²) in [5.41, 5.74) is 3.27. The molecule has 0 aliphatic carbocycles. The molecule has 3 N–H and O–H groups in total. The van der Waals surface area contributed by atoms with Gasteiger partial charge < -0.3 is 25.4 Å². The van der Waals surface area contributed by atoms with E-state index in [1.165, 1.54) is 12.1 Å². The maximum Gasteiger partial charge on any atom is 0.335 e. The van der Waals surface area contributed by atoms with E-state index in [9.17, 15) is 14.4 Å². The van der Waals surface area contributed by atoms with Crippen molar-refractivity contribution in [2.75, 3.05) is 23.8 Å². The molecular weight excluding hydrogens is 538 g/mol. The molecule has 3 amide bonds. The lowest BCUT2D eigenvalue weighted by Gasteiger charge is -2.25. The summed E-state index contributed by atoms with van der Waals surface area (Å²) in [5.74, 6) is -0.382. The number of hydrogen-bond acceptors (Lipinski definition) is 4. The molecule has 0 spiro atoms. The van der Waals surface area contributed by atoms with Crippen molar-refractivity contribution in [2.24, 2.45) is 0 Å². The highest BCUT2D eigenvalue weighted by Crippen LogP contribution is 2.24. The molecule has 1 fully saturated rings. The second-order valence-electron chi connectivity index (χ2n) is 8.91. The van der Waals surface area contributed by atoms with Crippen LogP contribution in [-0.4, -0.2) is 47.1 Å². The maximum absolute atomic E-state index is 13.1. The van der Waals surface area contributed by atoms with E-state index in [0.717, 1.165) is 28.4 Å². The number of benzene rings is 3. The van der Waals surface area contributed by atoms with Crippen LogP contribution in [0.1, 0.15) is 34.3 Å². The van der Waals surface area contributed by atoms with Gasteiger partial charge in [0, 0.05) is 16.7 Å². The molecule has 8 nitrogen and oxygen atoms in total. The number of amides is 3. The van der Waals surface area contributed by atoms with Crippen LogP contribution in [0.4, 0.5) is 16.2 Å². The summed E-state index contributed by atoms with van der Waals surface area (Å²) in [4.78, 5) is 38.4. The van der Waals surface area contributed by atoms with Crippen LogP contribution in [0.5, 0.6) is 5.75 Å². The third kappa shape index (κ3) is 6.89. The average molecular weight is 566 g/mol. The molecule has 0 aromatic heterocycles. The minimum atomic E-state index is -0.984. The number of carboxylic acid groups (broad SMARTS) is 1. The number of rotatable bonds is 8. The van der Waals surface area contributed by atoms with Crippen LogP contribution in [-0.2, 0) is 11.2 Å². The first-order valence-electron chi connectivity index (χ1n) is 12.0. The molecule has 0 bridgehead atoms. The van der Waals surface area contributed by atoms with Gasteiger partial charge in [0.15, 0.2) is 0 Å². The zero-order valence-electron chi connectivity index (χ0n) is 20.4. The maximum atomic E-state index is 13.1. The first-order chi connectivity index (χ1) is 17.8. The number of nitrogens with zero attached hydrogens (tertiary/aromatic N) is 1. The quantitative estimate of drug-likeness (QED) is 0.324. The van der Waals surface area contributed by atoms with Crippen molar-refractivity contribution in [3.8, 4) is 5.75 Å². The molecule has 4 rings (SSSR count). The number of likely N-dealkylation sites (tertiary alicyclic amines) is 1. The number of aromatic carboxylic acids is 1. The Kier molecular flexibility index (Phi) is 8.45. The normalized spacial score (nSPS) is 14.8. The Morgan fingerprint density at radius 2 is 1.76 bits per heavy atom. The van der Waals surface area contributed by atoms with Crippen molar-refractivity contribution in [3.63, 3.8) is 0 Å². The van der Waals surface area contributed by atoms with Gasteiger partial charge in [-0.15, -0.1) is 0 Å². The Labute approximate surface area is 223 Å². The predicted molar refractivity (Wildman–Crippen MR) is 145 cm³/mol. The Morgan fingerprint density at radius 1 is 1.03 bits per heavy atom. The van der Waals surface area contributed by atoms with Gasteiger partial charge in [-0.2, -0.15) is 0 Å². The highest BCUT2D eigenvalue weighted by molar-refractivity contribution is 9.10. The van der Waals surface area contributed by atoms with Crippen LogP contribution in [0.3, 0.4) is 0 Å². The topological polar surface area (TPSA) is 108 Å². The van der Waals surface area contributed by atoms with Gasteiger partial charge in [0.25, 0.3) is 0 Å². The third-order valence-electron chi connectivity index (χ3n) is 6.26. The second kappa shape index (κ2) is 11.9. The third-order valence-corrected chi connectivity index (χ3v) is 6.95. The summed E-state index contributed by atoms with van der Waals surface area (Å²) in [7, 11) is 0. The Bertz CT molecular complexity index is 1300. The molecule has 3 aromatic carbocycles. The van der Waals surface area contributed by atoms with Gasteiger partial charge in [0.1, 0.15) is 12.4 Å². The first kappa shape index (κ1) is 26.2. The number of urea groups is 1. The Balaban J connectivity index is 1.31. The van der Waals surface area contributed by atoms with Gasteiger partial charge in [0.2, 0.25) is 5.91 Å². The van der Waals surface area contributed by atoms with Gasteiger partial charge in [-0.05, 0) is 89.3 Å². The highest BCUT2D eigenvalue weighted by atomic mass is 79.9. The number of anilines is 2. The minimum absolute atomic E-state index is 0.0269. The number of carbonyl (C=O) groups excluding carboxylic acids is 2. The van der Waals surface area contributed by atoms with Crippen molar-refractivity contribution < 1.29 is 24.2 Å². The van der Waals surface area contributed by atoms with Crippen molar-refractivity contribution in [1.82, 2.24) is 4.90 Å². The van der Waals surface area contributed by atoms with E-state index in [2.05, 4.69) is 26.6 Å². The van der Waals surface area contributed by atoms with E-state index in [1.807, 2.05) is 48.2 Å². The molecule has 0 unspecified atom stereocenters. The molecule has 37 heavy (non-hydrogen) atoms. The molecule has 1 aliphatic rings. The molecule has 1 heterocycles. The minimum Gasteiger partial charge on any atom is -0.491 e. The predicted octanol–water partition coefficient (Wildman–Crippen LogP) is 5.71. The lowest BCUT2D eigenvalue weighted by Crippen LogP contribution is -2.39. The van der Waals surface area contributed by atoms with E-state index < -0.39 is 5.97 Å². The summed E-state index contributed by atoms with van der Waals surface area (Å²) >= 11 is 3.41. The fraction of sp³-hybridized carbons (Fsp3) is 0.250. The average Bonchev–Trinajstić information content (AvgIpc) is 3.35. The zero-order chi connectivity index (χ0) is 26.4. The zero-order valence-corrected chi connectivity index (χ0v) is 22.0.